The molecule has 1 amide bonds. The highest BCUT2D eigenvalue weighted by Crippen LogP contribution is 2.43. The van der Waals surface area contributed by atoms with Gasteiger partial charge in [-0.2, -0.15) is 14.3 Å². The molecule has 1 fully saturated rings. The van der Waals surface area contributed by atoms with Gasteiger partial charge in [-0.3, -0.25) is 4.79 Å². The highest BCUT2D eigenvalue weighted by Gasteiger charge is 2.33. The van der Waals surface area contributed by atoms with E-state index in [1.807, 2.05) is 44.2 Å². The summed E-state index contributed by atoms with van der Waals surface area (Å²) in [6, 6.07) is 9.66. The summed E-state index contributed by atoms with van der Waals surface area (Å²) in [5.74, 6) is 2.45. The first-order chi connectivity index (χ1) is 17.1. The second-order valence-corrected chi connectivity index (χ2v) is 9.05. The number of hydrogen-bond donors (Lipinski definition) is 1. The Bertz CT molecular complexity index is 1400. The summed E-state index contributed by atoms with van der Waals surface area (Å²) in [5, 5.41) is 20.2. The van der Waals surface area contributed by atoms with Gasteiger partial charge in [0.15, 0.2) is 23.0 Å². The van der Waals surface area contributed by atoms with Crippen molar-refractivity contribution in [2.75, 3.05) is 11.9 Å². The van der Waals surface area contributed by atoms with Crippen molar-refractivity contribution in [1.82, 2.24) is 29.6 Å². The van der Waals surface area contributed by atoms with Gasteiger partial charge in [0.1, 0.15) is 12.1 Å². The Hall–Kier alpha value is -3.95. The molecule has 1 aliphatic carbocycles. The van der Waals surface area contributed by atoms with Gasteiger partial charge < -0.3 is 14.8 Å². The van der Waals surface area contributed by atoms with E-state index in [-0.39, 0.29) is 17.9 Å². The van der Waals surface area contributed by atoms with E-state index in [0.717, 1.165) is 35.4 Å². The maximum atomic E-state index is 12.8. The average molecular weight is 474 g/mol. The van der Waals surface area contributed by atoms with E-state index in [1.54, 1.807) is 9.20 Å². The highest BCUT2D eigenvalue weighted by molar-refractivity contribution is 5.95. The summed E-state index contributed by atoms with van der Waals surface area (Å²) in [6.07, 6.45) is 6.66. The number of ether oxygens (including phenoxy) is 2. The third kappa shape index (κ3) is 3.88. The number of carbonyl (C=O) groups excluding carboxylic acids is 1. The lowest BCUT2D eigenvalue weighted by Crippen LogP contribution is -2.25. The maximum absolute atomic E-state index is 12.8. The zero-order valence-electron chi connectivity index (χ0n) is 19.8. The number of hydrogen-bond acceptors (Lipinski definition) is 7. The Balaban J connectivity index is 1.39. The van der Waals surface area contributed by atoms with Crippen LogP contribution >= 0.6 is 0 Å². The molecule has 1 saturated carbocycles. The largest absolute Gasteiger partial charge is 0.490 e. The van der Waals surface area contributed by atoms with Gasteiger partial charge >= 0.3 is 0 Å². The predicted molar refractivity (Wildman–Crippen MR) is 128 cm³/mol. The van der Waals surface area contributed by atoms with Gasteiger partial charge in [0.05, 0.1) is 18.4 Å². The molecule has 10 nitrogen and oxygen atoms in total. The molecular weight excluding hydrogens is 446 g/mol. The zero-order valence-corrected chi connectivity index (χ0v) is 19.8. The lowest BCUT2D eigenvalue weighted by molar-refractivity contribution is -0.116. The van der Waals surface area contributed by atoms with Crippen LogP contribution in [0.4, 0.5) is 5.82 Å². The normalized spacial score (nSPS) is 18.0. The molecule has 1 atom stereocenters. The number of anilines is 1. The Morgan fingerprint density at radius 1 is 1.11 bits per heavy atom. The number of aromatic nitrogens is 6. The van der Waals surface area contributed by atoms with Gasteiger partial charge in [0, 0.05) is 17.9 Å². The Morgan fingerprint density at radius 3 is 2.80 bits per heavy atom. The fraction of sp³-hybridized carbons (Fsp3) is 0.400. The molecule has 0 bridgehead atoms. The van der Waals surface area contributed by atoms with Gasteiger partial charge in [-0.15, -0.1) is 15.3 Å². The van der Waals surface area contributed by atoms with Gasteiger partial charge in [0.2, 0.25) is 5.91 Å². The first-order valence-electron chi connectivity index (χ1n) is 12.1. The number of nitrogens with one attached hydrogen (secondary N) is 1. The molecule has 6 rings (SSSR count). The van der Waals surface area contributed by atoms with Crippen LogP contribution in [-0.2, 0) is 4.79 Å². The lowest BCUT2D eigenvalue weighted by Gasteiger charge is -2.25. The minimum Gasteiger partial charge on any atom is -0.490 e. The molecule has 1 unspecified atom stereocenters. The van der Waals surface area contributed by atoms with Crippen molar-refractivity contribution in [2.24, 2.45) is 0 Å². The van der Waals surface area contributed by atoms with Crippen molar-refractivity contribution in [1.29, 1.82) is 0 Å². The lowest BCUT2D eigenvalue weighted by atomic mass is 9.85. The summed E-state index contributed by atoms with van der Waals surface area (Å²) in [4.78, 5) is 12.8. The van der Waals surface area contributed by atoms with Crippen LogP contribution in [0, 0.1) is 6.92 Å². The van der Waals surface area contributed by atoms with Crippen LogP contribution in [0.15, 0.2) is 36.7 Å². The van der Waals surface area contributed by atoms with E-state index in [4.69, 9.17) is 14.6 Å². The van der Waals surface area contributed by atoms with Crippen LogP contribution in [0.5, 0.6) is 11.5 Å². The molecule has 4 heterocycles. The van der Waals surface area contributed by atoms with Crippen molar-refractivity contribution in [2.45, 2.75) is 58.0 Å². The standard InChI is InChI=1S/C25H27N7O3/c1-3-34-20-12-16(8-9-19(20)35-17-6-4-5-7-17)18-13-23(33)27-25-24(18)15(2)29-32(25)22-11-10-21-28-26-14-31(21)30-22/h8-12,14,17-18H,3-7,13H2,1-2H3,(H,27,33). The number of fused-ring (bicyclic) bond motifs is 2. The number of nitrogens with zero attached hydrogens (tertiary/aromatic N) is 6. The summed E-state index contributed by atoms with van der Waals surface area (Å²) in [5.41, 5.74) is 3.44. The van der Waals surface area contributed by atoms with Crippen molar-refractivity contribution in [3.63, 3.8) is 0 Å². The van der Waals surface area contributed by atoms with Gasteiger partial charge in [-0.1, -0.05) is 6.07 Å². The molecule has 0 saturated heterocycles. The van der Waals surface area contributed by atoms with Crippen molar-refractivity contribution >= 4 is 17.4 Å². The van der Waals surface area contributed by atoms with Crippen molar-refractivity contribution in [3.05, 3.63) is 53.5 Å². The second-order valence-electron chi connectivity index (χ2n) is 9.05. The van der Waals surface area contributed by atoms with Crippen LogP contribution < -0.4 is 14.8 Å². The van der Waals surface area contributed by atoms with E-state index in [1.165, 1.54) is 19.2 Å². The zero-order chi connectivity index (χ0) is 23.9. The molecular formula is C25H27N7O3. The second kappa shape index (κ2) is 8.68. The fourth-order valence-electron chi connectivity index (χ4n) is 5.12. The first kappa shape index (κ1) is 21.6. The van der Waals surface area contributed by atoms with E-state index < -0.39 is 0 Å². The Labute approximate surface area is 202 Å². The average Bonchev–Trinajstić information content (AvgIpc) is 3.60. The molecule has 180 valence electrons. The molecule has 0 radical (unpaired) electrons. The molecule has 10 heteroatoms. The number of amides is 1. The minimum absolute atomic E-state index is 0.0710. The molecule has 4 aromatic rings. The van der Waals surface area contributed by atoms with E-state index in [9.17, 15) is 4.79 Å². The SMILES string of the molecule is CCOc1cc(C2CC(=O)Nc3c2c(C)nn3-c2ccc3nncn3n2)ccc1OC1CCCC1. The first-order valence-corrected chi connectivity index (χ1v) is 12.1. The van der Waals surface area contributed by atoms with Gasteiger partial charge in [-0.25, -0.2) is 0 Å². The molecule has 3 aromatic heterocycles. The van der Waals surface area contributed by atoms with Crippen LogP contribution in [0.3, 0.4) is 0 Å². The van der Waals surface area contributed by atoms with Gasteiger partial charge in [-0.05, 0) is 69.4 Å². The predicted octanol–water partition coefficient (Wildman–Crippen LogP) is 3.81. The Morgan fingerprint density at radius 2 is 1.97 bits per heavy atom. The number of aryl methyl sites for hydroxylation is 1. The molecule has 0 spiro atoms. The topological polar surface area (TPSA) is 108 Å². The minimum atomic E-state index is -0.161. The van der Waals surface area contributed by atoms with Crippen molar-refractivity contribution in [3.8, 4) is 17.3 Å². The number of rotatable bonds is 6. The third-order valence-electron chi connectivity index (χ3n) is 6.73. The molecule has 2 aliphatic rings. The molecule has 1 N–H and O–H groups in total. The van der Waals surface area contributed by atoms with E-state index in [2.05, 4.69) is 20.6 Å². The molecule has 1 aromatic carbocycles. The fourth-order valence-corrected chi connectivity index (χ4v) is 5.12. The summed E-state index contributed by atoms with van der Waals surface area (Å²) in [6.45, 7) is 4.46. The number of carbonyl (C=O) groups is 1. The van der Waals surface area contributed by atoms with Crippen LogP contribution in [0.25, 0.3) is 11.5 Å². The van der Waals surface area contributed by atoms with E-state index >= 15 is 0 Å². The summed E-state index contributed by atoms with van der Waals surface area (Å²) >= 11 is 0. The van der Waals surface area contributed by atoms with Gasteiger partial charge in [0.25, 0.3) is 0 Å². The molecule has 1 aliphatic heterocycles. The van der Waals surface area contributed by atoms with Crippen LogP contribution in [0.2, 0.25) is 0 Å². The smallest absolute Gasteiger partial charge is 0.226 e. The quantitative estimate of drug-likeness (QED) is 0.454. The summed E-state index contributed by atoms with van der Waals surface area (Å²) < 4.78 is 15.5. The van der Waals surface area contributed by atoms with E-state index in [0.29, 0.717) is 36.1 Å². The maximum Gasteiger partial charge on any atom is 0.226 e. The summed E-state index contributed by atoms with van der Waals surface area (Å²) in [7, 11) is 0. The van der Waals surface area contributed by atoms with Crippen molar-refractivity contribution < 1.29 is 14.3 Å². The van der Waals surface area contributed by atoms with Crippen LogP contribution in [0.1, 0.15) is 61.8 Å². The molecule has 35 heavy (non-hydrogen) atoms. The third-order valence-corrected chi connectivity index (χ3v) is 6.73. The monoisotopic (exact) mass is 473 g/mol. The Kier molecular flexibility index (Phi) is 5.35. The highest BCUT2D eigenvalue weighted by atomic mass is 16.5. The number of benzene rings is 1. The van der Waals surface area contributed by atoms with Crippen LogP contribution in [-0.4, -0.2) is 48.2 Å².